The topological polar surface area (TPSA) is 70.7 Å². The number of fused-ring (bicyclic) bond motifs is 1. The average molecular weight is 539 g/mol. The van der Waals surface area contributed by atoms with Gasteiger partial charge in [-0.1, -0.05) is 37.1 Å². The summed E-state index contributed by atoms with van der Waals surface area (Å²) in [5.74, 6) is 2.42. The summed E-state index contributed by atoms with van der Waals surface area (Å²) in [5.41, 5.74) is 5.13. The van der Waals surface area contributed by atoms with Crippen LogP contribution >= 0.6 is 11.6 Å². The van der Waals surface area contributed by atoms with Crippen LogP contribution in [0.25, 0.3) is 0 Å². The van der Waals surface area contributed by atoms with E-state index >= 15 is 0 Å². The molecule has 0 fully saturated rings. The number of nitrogens with one attached hydrogen (secondary N) is 1. The zero-order valence-corrected chi connectivity index (χ0v) is 23.9. The number of H-pyrrole nitrogens is 1. The molecule has 4 rings (SSSR count). The van der Waals surface area contributed by atoms with E-state index in [1.165, 1.54) is 11.1 Å². The fraction of sp³-hybridized carbons (Fsp3) is 0.467. The maximum atomic E-state index is 12.9. The number of ether oxygens (including phenoxy) is 2. The highest BCUT2D eigenvalue weighted by Gasteiger charge is 2.31. The molecule has 1 unspecified atom stereocenters. The van der Waals surface area contributed by atoms with Crippen molar-refractivity contribution in [1.82, 2.24) is 19.8 Å². The third kappa shape index (κ3) is 5.84. The van der Waals surface area contributed by atoms with Crippen molar-refractivity contribution in [2.45, 2.75) is 59.0 Å². The molecule has 0 radical (unpaired) electrons. The van der Waals surface area contributed by atoms with Gasteiger partial charge in [-0.3, -0.25) is 9.69 Å². The molecule has 1 atom stereocenters. The molecular weight excluding hydrogens is 500 g/mol. The van der Waals surface area contributed by atoms with Gasteiger partial charge < -0.3 is 19.4 Å². The van der Waals surface area contributed by atoms with Crippen LogP contribution in [0.4, 0.5) is 0 Å². The predicted molar refractivity (Wildman–Crippen MR) is 151 cm³/mol. The second-order valence-electron chi connectivity index (χ2n) is 9.68. The van der Waals surface area contributed by atoms with Crippen molar-refractivity contribution in [2.24, 2.45) is 0 Å². The van der Waals surface area contributed by atoms with E-state index < -0.39 is 0 Å². The lowest BCUT2D eigenvalue weighted by Gasteiger charge is -2.38. The maximum absolute atomic E-state index is 12.9. The summed E-state index contributed by atoms with van der Waals surface area (Å²) >= 11 is 6.59. The smallest absolute Gasteiger partial charge is 0.253 e. The number of imidazole rings is 1. The second kappa shape index (κ2) is 12.7. The predicted octanol–water partition coefficient (Wildman–Crippen LogP) is 6.05. The van der Waals surface area contributed by atoms with Crippen LogP contribution in [0.2, 0.25) is 5.15 Å². The molecule has 0 bridgehead atoms. The van der Waals surface area contributed by atoms with E-state index in [0.29, 0.717) is 36.1 Å². The van der Waals surface area contributed by atoms with Gasteiger partial charge in [-0.25, -0.2) is 4.98 Å². The lowest BCUT2D eigenvalue weighted by molar-refractivity contribution is 0.0773. The molecule has 0 saturated heterocycles. The van der Waals surface area contributed by atoms with Gasteiger partial charge in [0, 0.05) is 38.2 Å². The van der Waals surface area contributed by atoms with Crippen LogP contribution in [0.1, 0.15) is 78.2 Å². The fourth-order valence-electron chi connectivity index (χ4n) is 5.27. The maximum Gasteiger partial charge on any atom is 0.253 e. The van der Waals surface area contributed by atoms with E-state index in [0.717, 1.165) is 55.1 Å². The van der Waals surface area contributed by atoms with E-state index in [4.69, 9.17) is 21.1 Å². The summed E-state index contributed by atoms with van der Waals surface area (Å²) in [6.45, 7) is 9.03. The van der Waals surface area contributed by atoms with Crippen molar-refractivity contribution in [3.8, 4) is 11.5 Å². The fourth-order valence-corrected chi connectivity index (χ4v) is 5.48. The third-order valence-corrected chi connectivity index (χ3v) is 7.72. The first-order valence-corrected chi connectivity index (χ1v) is 13.9. The number of aromatic amines is 1. The number of amides is 1. The van der Waals surface area contributed by atoms with Crippen molar-refractivity contribution in [2.75, 3.05) is 33.9 Å². The number of aryl methyl sites for hydroxylation is 1. The second-order valence-corrected chi connectivity index (χ2v) is 10.0. The van der Waals surface area contributed by atoms with Crippen molar-refractivity contribution < 1.29 is 14.3 Å². The summed E-state index contributed by atoms with van der Waals surface area (Å²) in [4.78, 5) is 25.2. The SMILES string of the molecule is CCCCc1nc(Cl)c(CN2CCc3cc(OC)c(OC)cc3C2c2ccc(C(=O)N(CC)CC)cc2)[nH]1. The first-order valence-electron chi connectivity index (χ1n) is 13.5. The molecule has 204 valence electrons. The standard InChI is InChI=1S/C30H39ClN4O3/c1-6-9-10-27-32-24(29(31)33-27)19-35-16-15-22-17-25(37-4)26(38-5)18-23(22)28(35)20-11-13-21(14-12-20)30(36)34(7-2)8-3/h11-14,17-18,28H,6-10,15-16,19H2,1-5H3,(H,32,33). The first kappa shape index (κ1) is 28.0. The first-order chi connectivity index (χ1) is 18.4. The molecule has 0 spiro atoms. The van der Waals surface area contributed by atoms with E-state index in [1.54, 1.807) is 14.2 Å². The zero-order chi connectivity index (χ0) is 27.2. The van der Waals surface area contributed by atoms with Crippen molar-refractivity contribution in [1.29, 1.82) is 0 Å². The highest BCUT2D eigenvalue weighted by Crippen LogP contribution is 2.42. The van der Waals surface area contributed by atoms with E-state index in [1.807, 2.05) is 30.9 Å². The number of methoxy groups -OCH3 is 2. The Morgan fingerprint density at radius 3 is 2.42 bits per heavy atom. The Labute approximate surface area is 231 Å². The van der Waals surface area contributed by atoms with Crippen LogP contribution in [0, 0.1) is 0 Å². The van der Waals surface area contributed by atoms with Gasteiger partial charge in [-0.2, -0.15) is 0 Å². The summed E-state index contributed by atoms with van der Waals surface area (Å²) < 4.78 is 11.3. The molecule has 1 aliphatic heterocycles. The normalized spacial score (nSPS) is 15.3. The summed E-state index contributed by atoms with van der Waals surface area (Å²) in [7, 11) is 3.33. The van der Waals surface area contributed by atoms with Crippen LogP contribution in [0.3, 0.4) is 0 Å². The Balaban J connectivity index is 1.72. The minimum Gasteiger partial charge on any atom is -0.493 e. The highest BCUT2D eigenvalue weighted by atomic mass is 35.5. The highest BCUT2D eigenvalue weighted by molar-refractivity contribution is 6.30. The number of benzene rings is 2. The van der Waals surface area contributed by atoms with Crippen LogP contribution < -0.4 is 9.47 Å². The molecule has 3 aromatic rings. The molecule has 2 aromatic carbocycles. The number of nitrogens with zero attached hydrogens (tertiary/aromatic N) is 3. The molecule has 1 amide bonds. The van der Waals surface area contributed by atoms with Crippen LogP contribution in [-0.2, 0) is 19.4 Å². The van der Waals surface area contributed by atoms with Gasteiger partial charge in [-0.15, -0.1) is 0 Å². The van der Waals surface area contributed by atoms with Gasteiger partial charge in [0.1, 0.15) is 5.82 Å². The van der Waals surface area contributed by atoms with Crippen molar-refractivity contribution >= 4 is 17.5 Å². The lowest BCUT2D eigenvalue weighted by atomic mass is 9.87. The number of halogens is 1. The lowest BCUT2D eigenvalue weighted by Crippen LogP contribution is -2.36. The molecule has 2 heterocycles. The Hall–Kier alpha value is -3.03. The number of aromatic nitrogens is 2. The minimum atomic E-state index is -0.0466. The Morgan fingerprint density at radius 1 is 1.11 bits per heavy atom. The molecule has 1 aromatic heterocycles. The van der Waals surface area contributed by atoms with Crippen LogP contribution in [-0.4, -0.2) is 59.5 Å². The van der Waals surface area contributed by atoms with E-state index in [2.05, 4.69) is 46.1 Å². The minimum absolute atomic E-state index is 0.0466. The number of carbonyl (C=O) groups excluding carboxylic acids is 1. The number of hydrogen-bond donors (Lipinski definition) is 1. The number of hydrogen-bond acceptors (Lipinski definition) is 5. The number of rotatable bonds is 11. The summed E-state index contributed by atoms with van der Waals surface area (Å²) in [5, 5.41) is 0.535. The largest absolute Gasteiger partial charge is 0.493 e. The summed E-state index contributed by atoms with van der Waals surface area (Å²) in [6, 6.07) is 12.1. The van der Waals surface area contributed by atoms with E-state index in [9.17, 15) is 4.79 Å². The molecule has 1 aliphatic rings. The summed E-state index contributed by atoms with van der Waals surface area (Å²) in [6.07, 6.45) is 3.94. The Morgan fingerprint density at radius 2 is 1.79 bits per heavy atom. The van der Waals surface area contributed by atoms with Gasteiger partial charge in [-0.05, 0) is 67.6 Å². The molecule has 7 nitrogen and oxygen atoms in total. The number of unbranched alkanes of at least 4 members (excludes halogenated alkanes) is 1. The molecule has 0 aliphatic carbocycles. The number of carbonyl (C=O) groups is 1. The average Bonchev–Trinajstić information content (AvgIpc) is 3.30. The van der Waals surface area contributed by atoms with Gasteiger partial charge in [0.05, 0.1) is 26.0 Å². The van der Waals surface area contributed by atoms with Crippen molar-refractivity contribution in [3.05, 3.63) is 75.3 Å². The molecule has 0 saturated carbocycles. The molecular formula is C30H39ClN4O3. The Kier molecular flexibility index (Phi) is 9.34. The van der Waals surface area contributed by atoms with Crippen LogP contribution in [0.5, 0.6) is 11.5 Å². The van der Waals surface area contributed by atoms with Gasteiger partial charge in [0.15, 0.2) is 16.7 Å². The third-order valence-electron chi connectivity index (χ3n) is 7.40. The van der Waals surface area contributed by atoms with Crippen molar-refractivity contribution in [3.63, 3.8) is 0 Å². The van der Waals surface area contributed by atoms with Crippen LogP contribution in [0.15, 0.2) is 36.4 Å². The van der Waals surface area contributed by atoms with Gasteiger partial charge in [0.25, 0.3) is 5.91 Å². The molecule has 1 N–H and O–H groups in total. The quantitative estimate of drug-likeness (QED) is 0.321. The Bertz CT molecular complexity index is 1240. The monoisotopic (exact) mass is 538 g/mol. The van der Waals surface area contributed by atoms with Gasteiger partial charge >= 0.3 is 0 Å². The van der Waals surface area contributed by atoms with Gasteiger partial charge in [0.2, 0.25) is 0 Å². The molecule has 8 heteroatoms. The molecule has 38 heavy (non-hydrogen) atoms. The zero-order valence-electron chi connectivity index (χ0n) is 23.1. The van der Waals surface area contributed by atoms with E-state index in [-0.39, 0.29) is 11.9 Å².